The quantitative estimate of drug-likeness (QED) is 0.892. The summed E-state index contributed by atoms with van der Waals surface area (Å²) in [5.74, 6) is 0.494. The molecule has 2 N–H and O–H groups in total. The van der Waals surface area contributed by atoms with E-state index in [4.69, 9.17) is 10.5 Å². The number of nitrogens with two attached hydrogens (primary N) is 1. The predicted octanol–water partition coefficient (Wildman–Crippen LogP) is 1.79. The van der Waals surface area contributed by atoms with Crippen molar-refractivity contribution in [2.75, 3.05) is 19.7 Å². The lowest BCUT2D eigenvalue weighted by atomic mass is 9.92. The molecule has 1 saturated heterocycles. The van der Waals surface area contributed by atoms with Crippen molar-refractivity contribution < 1.29 is 9.53 Å². The van der Waals surface area contributed by atoms with Gasteiger partial charge in [0.2, 0.25) is 5.91 Å². The minimum atomic E-state index is 0.0753. The molecule has 1 heterocycles. The summed E-state index contributed by atoms with van der Waals surface area (Å²) >= 11 is 0. The zero-order chi connectivity index (χ0) is 14.4. The molecule has 0 saturated carbocycles. The van der Waals surface area contributed by atoms with Crippen LogP contribution < -0.4 is 5.73 Å². The fraction of sp³-hybridized carbons (Fsp3) is 0.562. The van der Waals surface area contributed by atoms with Gasteiger partial charge in [0.25, 0.3) is 0 Å². The second-order valence-corrected chi connectivity index (χ2v) is 5.58. The fourth-order valence-electron chi connectivity index (χ4n) is 2.59. The minimum absolute atomic E-state index is 0.0753. The van der Waals surface area contributed by atoms with Gasteiger partial charge in [0, 0.05) is 19.1 Å². The van der Waals surface area contributed by atoms with Gasteiger partial charge in [0.1, 0.15) is 6.61 Å². The lowest BCUT2D eigenvalue weighted by Crippen LogP contribution is -2.46. The Morgan fingerprint density at radius 2 is 2.20 bits per heavy atom. The lowest BCUT2D eigenvalue weighted by molar-refractivity contribution is -0.138. The molecule has 0 aromatic heterocycles. The van der Waals surface area contributed by atoms with Crippen LogP contribution in [0.5, 0.6) is 0 Å². The number of carbonyl (C=O) groups is 1. The maximum Gasteiger partial charge on any atom is 0.248 e. The van der Waals surface area contributed by atoms with Gasteiger partial charge in [-0.1, -0.05) is 30.3 Å². The Morgan fingerprint density at radius 1 is 1.45 bits per heavy atom. The first-order valence-corrected chi connectivity index (χ1v) is 7.32. The first kappa shape index (κ1) is 15.0. The van der Waals surface area contributed by atoms with E-state index in [1.54, 1.807) is 0 Å². The van der Waals surface area contributed by atoms with Crippen molar-refractivity contribution in [1.82, 2.24) is 4.90 Å². The van der Waals surface area contributed by atoms with Gasteiger partial charge in [-0.05, 0) is 31.2 Å². The van der Waals surface area contributed by atoms with E-state index in [1.807, 2.05) is 42.2 Å². The van der Waals surface area contributed by atoms with E-state index in [0.717, 1.165) is 31.5 Å². The highest BCUT2D eigenvalue weighted by Gasteiger charge is 2.25. The largest absolute Gasteiger partial charge is 0.367 e. The van der Waals surface area contributed by atoms with Crippen LogP contribution in [0.25, 0.3) is 0 Å². The Bertz CT molecular complexity index is 420. The van der Waals surface area contributed by atoms with Gasteiger partial charge in [-0.15, -0.1) is 0 Å². The Balaban J connectivity index is 1.74. The second-order valence-electron chi connectivity index (χ2n) is 5.58. The van der Waals surface area contributed by atoms with Crippen LogP contribution in [-0.2, 0) is 16.1 Å². The topological polar surface area (TPSA) is 55.6 Å². The highest BCUT2D eigenvalue weighted by Crippen LogP contribution is 2.18. The molecule has 1 aliphatic heterocycles. The zero-order valence-corrected chi connectivity index (χ0v) is 12.1. The summed E-state index contributed by atoms with van der Waals surface area (Å²) in [7, 11) is 0. The van der Waals surface area contributed by atoms with Crippen LogP contribution >= 0.6 is 0 Å². The Morgan fingerprint density at radius 3 is 2.90 bits per heavy atom. The van der Waals surface area contributed by atoms with Crippen LogP contribution in [0.2, 0.25) is 0 Å². The number of nitrogens with zero attached hydrogens (tertiary/aromatic N) is 1. The van der Waals surface area contributed by atoms with E-state index < -0.39 is 0 Å². The van der Waals surface area contributed by atoms with Crippen molar-refractivity contribution in [1.29, 1.82) is 0 Å². The minimum Gasteiger partial charge on any atom is -0.367 e. The van der Waals surface area contributed by atoms with Crippen LogP contribution in [-0.4, -0.2) is 36.5 Å². The average molecular weight is 276 g/mol. The molecule has 0 bridgehead atoms. The van der Waals surface area contributed by atoms with Gasteiger partial charge in [-0.3, -0.25) is 4.79 Å². The fourth-order valence-corrected chi connectivity index (χ4v) is 2.59. The second kappa shape index (κ2) is 7.41. The zero-order valence-electron chi connectivity index (χ0n) is 12.1. The molecule has 1 fully saturated rings. The number of rotatable bonds is 5. The van der Waals surface area contributed by atoms with E-state index in [1.165, 1.54) is 0 Å². The molecule has 2 rings (SSSR count). The highest BCUT2D eigenvalue weighted by molar-refractivity contribution is 5.77. The third-order valence-corrected chi connectivity index (χ3v) is 3.89. The van der Waals surface area contributed by atoms with Crippen molar-refractivity contribution >= 4 is 5.91 Å². The number of ether oxygens (including phenoxy) is 1. The van der Waals surface area contributed by atoms with Crippen molar-refractivity contribution in [3.05, 3.63) is 35.9 Å². The molecule has 1 aromatic rings. The summed E-state index contributed by atoms with van der Waals surface area (Å²) < 4.78 is 5.51. The van der Waals surface area contributed by atoms with Gasteiger partial charge in [-0.2, -0.15) is 0 Å². The summed E-state index contributed by atoms with van der Waals surface area (Å²) in [5, 5.41) is 0. The van der Waals surface area contributed by atoms with E-state index in [2.05, 4.69) is 0 Å². The van der Waals surface area contributed by atoms with Crippen LogP contribution in [0.3, 0.4) is 0 Å². The summed E-state index contributed by atoms with van der Waals surface area (Å²) in [6.45, 7) is 4.25. The predicted molar refractivity (Wildman–Crippen MR) is 79.1 cm³/mol. The Hall–Kier alpha value is -1.39. The maximum atomic E-state index is 12.1. The van der Waals surface area contributed by atoms with Gasteiger partial charge in [0.15, 0.2) is 0 Å². The summed E-state index contributed by atoms with van der Waals surface area (Å²) in [6, 6.07) is 10.1. The number of likely N-dealkylation sites (tertiary alicyclic amines) is 1. The number of piperidine rings is 1. The van der Waals surface area contributed by atoms with Crippen LogP contribution in [0.4, 0.5) is 0 Å². The molecule has 0 aliphatic carbocycles. The third-order valence-electron chi connectivity index (χ3n) is 3.89. The van der Waals surface area contributed by atoms with Crippen molar-refractivity contribution in [3.63, 3.8) is 0 Å². The molecule has 20 heavy (non-hydrogen) atoms. The van der Waals surface area contributed by atoms with E-state index in [9.17, 15) is 4.79 Å². The lowest BCUT2D eigenvalue weighted by Gasteiger charge is -2.34. The van der Waals surface area contributed by atoms with Gasteiger partial charge < -0.3 is 15.4 Å². The molecule has 2 atom stereocenters. The maximum absolute atomic E-state index is 12.1. The van der Waals surface area contributed by atoms with Crippen LogP contribution in [0, 0.1) is 5.92 Å². The first-order chi connectivity index (χ1) is 9.66. The number of carbonyl (C=O) groups excluding carboxylic acids is 1. The van der Waals surface area contributed by atoms with Crippen molar-refractivity contribution in [2.45, 2.75) is 32.4 Å². The number of hydrogen-bond acceptors (Lipinski definition) is 3. The third kappa shape index (κ3) is 4.32. The number of hydrogen-bond donors (Lipinski definition) is 1. The Kier molecular flexibility index (Phi) is 5.56. The van der Waals surface area contributed by atoms with Crippen molar-refractivity contribution in [3.8, 4) is 0 Å². The monoisotopic (exact) mass is 276 g/mol. The molecule has 0 spiro atoms. The van der Waals surface area contributed by atoms with E-state index in [-0.39, 0.29) is 18.6 Å². The SMILES string of the molecule is CC(N)C1CCCN(C(=O)COCc2ccccc2)C1. The van der Waals surface area contributed by atoms with Crippen molar-refractivity contribution in [2.24, 2.45) is 11.7 Å². The van der Waals surface area contributed by atoms with Gasteiger partial charge in [-0.25, -0.2) is 0 Å². The molecular weight excluding hydrogens is 252 g/mol. The van der Waals surface area contributed by atoms with Crippen LogP contribution in [0.1, 0.15) is 25.3 Å². The molecule has 1 aliphatic rings. The normalized spacial score (nSPS) is 20.7. The molecule has 4 heteroatoms. The molecule has 1 aromatic carbocycles. The standard InChI is InChI=1S/C16H24N2O2/c1-13(17)15-8-5-9-18(10-15)16(19)12-20-11-14-6-3-2-4-7-14/h2-4,6-7,13,15H,5,8-12,17H2,1H3. The average Bonchev–Trinajstić information content (AvgIpc) is 2.48. The van der Waals surface area contributed by atoms with E-state index >= 15 is 0 Å². The van der Waals surface area contributed by atoms with Gasteiger partial charge in [0.05, 0.1) is 6.61 Å². The summed E-state index contributed by atoms with van der Waals surface area (Å²) in [5.41, 5.74) is 7.03. The molecule has 2 unspecified atom stereocenters. The summed E-state index contributed by atoms with van der Waals surface area (Å²) in [4.78, 5) is 14.0. The Labute approximate surface area is 120 Å². The highest BCUT2D eigenvalue weighted by atomic mass is 16.5. The summed E-state index contributed by atoms with van der Waals surface area (Å²) in [6.07, 6.45) is 2.16. The molecule has 110 valence electrons. The molecule has 4 nitrogen and oxygen atoms in total. The number of amides is 1. The smallest absolute Gasteiger partial charge is 0.248 e. The molecular formula is C16H24N2O2. The van der Waals surface area contributed by atoms with Crippen LogP contribution in [0.15, 0.2) is 30.3 Å². The molecule has 1 amide bonds. The first-order valence-electron chi connectivity index (χ1n) is 7.32. The number of benzene rings is 1. The van der Waals surface area contributed by atoms with Gasteiger partial charge >= 0.3 is 0 Å². The molecule has 0 radical (unpaired) electrons. The van der Waals surface area contributed by atoms with E-state index in [0.29, 0.717) is 12.5 Å².